The molecular formula is C8H13N3OS. The van der Waals surface area contributed by atoms with Crippen molar-refractivity contribution >= 4 is 17.5 Å². The fourth-order valence-electron chi connectivity index (χ4n) is 0.891. The molecule has 1 rings (SSSR count). The number of rotatable bonds is 4. The Hall–Kier alpha value is -0.840. The Morgan fingerprint density at radius 1 is 1.77 bits per heavy atom. The van der Waals surface area contributed by atoms with Gasteiger partial charge in [0.05, 0.1) is 5.25 Å². The lowest BCUT2D eigenvalue weighted by Crippen LogP contribution is -2.12. The minimum atomic E-state index is -0.0344. The van der Waals surface area contributed by atoms with Gasteiger partial charge < -0.3 is 4.57 Å². The summed E-state index contributed by atoms with van der Waals surface area (Å²) in [5, 5.41) is 8.39. The molecule has 72 valence electrons. The molecule has 0 N–H and O–H groups in total. The van der Waals surface area contributed by atoms with E-state index in [0.29, 0.717) is 6.42 Å². The van der Waals surface area contributed by atoms with Crippen LogP contribution in [-0.4, -0.2) is 25.8 Å². The van der Waals surface area contributed by atoms with E-state index in [0.717, 1.165) is 5.16 Å². The summed E-state index contributed by atoms with van der Waals surface area (Å²) < 4.78 is 1.81. The molecule has 4 nitrogen and oxygen atoms in total. The van der Waals surface area contributed by atoms with Gasteiger partial charge in [-0.25, -0.2) is 0 Å². The first kappa shape index (κ1) is 10.2. The highest BCUT2D eigenvalue weighted by molar-refractivity contribution is 8.00. The van der Waals surface area contributed by atoms with E-state index in [9.17, 15) is 4.79 Å². The van der Waals surface area contributed by atoms with Crippen molar-refractivity contribution in [2.24, 2.45) is 7.05 Å². The molecule has 1 aromatic heterocycles. The first-order chi connectivity index (χ1) is 6.15. The average molecular weight is 199 g/mol. The standard InChI is InChI=1S/C8H13N3OS/c1-4-7(12)6(2)13-8-10-9-5-11(8)3/h5-6H,4H2,1-3H3. The number of hydrogen-bond acceptors (Lipinski definition) is 4. The molecule has 0 fully saturated rings. The second kappa shape index (κ2) is 4.41. The largest absolute Gasteiger partial charge is 0.312 e. The van der Waals surface area contributed by atoms with Gasteiger partial charge >= 0.3 is 0 Å². The molecule has 0 aliphatic carbocycles. The molecule has 0 saturated carbocycles. The van der Waals surface area contributed by atoms with Crippen molar-refractivity contribution in [2.75, 3.05) is 0 Å². The summed E-state index contributed by atoms with van der Waals surface area (Å²) in [6, 6.07) is 0. The molecule has 0 aromatic carbocycles. The van der Waals surface area contributed by atoms with Crippen LogP contribution >= 0.6 is 11.8 Å². The Bertz CT molecular complexity index is 297. The number of aryl methyl sites for hydroxylation is 1. The van der Waals surface area contributed by atoms with E-state index in [2.05, 4.69) is 10.2 Å². The van der Waals surface area contributed by atoms with E-state index in [1.165, 1.54) is 11.8 Å². The topological polar surface area (TPSA) is 47.8 Å². The van der Waals surface area contributed by atoms with Gasteiger partial charge in [0.1, 0.15) is 12.1 Å². The molecule has 0 radical (unpaired) electrons. The fourth-order valence-corrected chi connectivity index (χ4v) is 1.81. The zero-order valence-corrected chi connectivity index (χ0v) is 8.84. The van der Waals surface area contributed by atoms with Crippen LogP contribution in [0.5, 0.6) is 0 Å². The Morgan fingerprint density at radius 3 is 2.92 bits per heavy atom. The zero-order chi connectivity index (χ0) is 9.84. The minimum Gasteiger partial charge on any atom is -0.312 e. The number of nitrogens with zero attached hydrogens (tertiary/aromatic N) is 3. The SMILES string of the molecule is CCC(=O)C(C)Sc1nncn1C. The maximum Gasteiger partial charge on any atom is 0.191 e. The number of ketones is 1. The molecule has 0 aliphatic rings. The van der Waals surface area contributed by atoms with Crippen LogP contribution in [0.15, 0.2) is 11.5 Å². The highest BCUT2D eigenvalue weighted by Crippen LogP contribution is 2.20. The van der Waals surface area contributed by atoms with Gasteiger partial charge in [-0.05, 0) is 6.92 Å². The maximum absolute atomic E-state index is 11.3. The molecule has 0 spiro atoms. The predicted octanol–water partition coefficient (Wildman–Crippen LogP) is 1.27. The summed E-state index contributed by atoms with van der Waals surface area (Å²) in [5.74, 6) is 0.244. The van der Waals surface area contributed by atoms with Gasteiger partial charge in [0, 0.05) is 13.5 Å². The molecule has 1 heterocycles. The summed E-state index contributed by atoms with van der Waals surface area (Å²) >= 11 is 1.45. The summed E-state index contributed by atoms with van der Waals surface area (Å²) in [6.45, 7) is 3.77. The van der Waals surface area contributed by atoms with Crippen molar-refractivity contribution in [1.29, 1.82) is 0 Å². The van der Waals surface area contributed by atoms with E-state index in [1.54, 1.807) is 6.33 Å². The molecule has 13 heavy (non-hydrogen) atoms. The van der Waals surface area contributed by atoms with Crippen LogP contribution in [0.2, 0.25) is 0 Å². The smallest absolute Gasteiger partial charge is 0.191 e. The predicted molar refractivity (Wildman–Crippen MR) is 51.6 cm³/mol. The molecule has 0 amide bonds. The van der Waals surface area contributed by atoms with Crippen molar-refractivity contribution in [3.63, 3.8) is 0 Å². The van der Waals surface area contributed by atoms with E-state index in [1.807, 2.05) is 25.5 Å². The van der Waals surface area contributed by atoms with E-state index in [4.69, 9.17) is 0 Å². The summed E-state index contributed by atoms with van der Waals surface area (Å²) in [5.41, 5.74) is 0. The van der Waals surface area contributed by atoms with Crippen LogP contribution in [0.1, 0.15) is 20.3 Å². The Morgan fingerprint density at radius 2 is 2.46 bits per heavy atom. The zero-order valence-electron chi connectivity index (χ0n) is 8.02. The quantitative estimate of drug-likeness (QED) is 0.685. The number of thioether (sulfide) groups is 1. The monoisotopic (exact) mass is 199 g/mol. The minimum absolute atomic E-state index is 0.0344. The van der Waals surface area contributed by atoms with Gasteiger partial charge in [-0.15, -0.1) is 10.2 Å². The van der Waals surface area contributed by atoms with E-state index < -0.39 is 0 Å². The fraction of sp³-hybridized carbons (Fsp3) is 0.625. The van der Waals surface area contributed by atoms with Crippen LogP contribution in [0.25, 0.3) is 0 Å². The Kier molecular flexibility index (Phi) is 3.48. The van der Waals surface area contributed by atoms with Crippen LogP contribution in [-0.2, 0) is 11.8 Å². The third-order valence-corrected chi connectivity index (χ3v) is 2.95. The van der Waals surface area contributed by atoms with Gasteiger partial charge in [-0.3, -0.25) is 4.79 Å². The van der Waals surface area contributed by atoms with Crippen molar-refractivity contribution in [3.05, 3.63) is 6.33 Å². The van der Waals surface area contributed by atoms with Gasteiger partial charge in [0.25, 0.3) is 0 Å². The van der Waals surface area contributed by atoms with Crippen molar-refractivity contribution in [2.45, 2.75) is 30.7 Å². The first-order valence-corrected chi connectivity index (χ1v) is 5.06. The maximum atomic E-state index is 11.3. The molecule has 1 unspecified atom stereocenters. The lowest BCUT2D eigenvalue weighted by molar-refractivity contribution is -0.118. The third kappa shape index (κ3) is 2.55. The summed E-state index contributed by atoms with van der Waals surface area (Å²) in [4.78, 5) is 11.3. The molecule has 0 bridgehead atoms. The Labute approximate surface area is 81.7 Å². The van der Waals surface area contributed by atoms with Gasteiger partial charge in [0.2, 0.25) is 0 Å². The number of hydrogen-bond donors (Lipinski definition) is 0. The first-order valence-electron chi connectivity index (χ1n) is 4.18. The van der Waals surface area contributed by atoms with Gasteiger partial charge in [0.15, 0.2) is 5.16 Å². The van der Waals surface area contributed by atoms with Crippen molar-refractivity contribution in [1.82, 2.24) is 14.8 Å². The van der Waals surface area contributed by atoms with Crippen molar-refractivity contribution < 1.29 is 4.79 Å². The number of Topliss-reactive ketones (excluding diaryl/α,β-unsaturated/α-hetero) is 1. The second-order valence-electron chi connectivity index (χ2n) is 2.80. The molecule has 1 atom stereocenters. The number of carbonyl (C=O) groups excluding carboxylic acids is 1. The van der Waals surface area contributed by atoms with Crippen LogP contribution in [0, 0.1) is 0 Å². The second-order valence-corrected chi connectivity index (χ2v) is 4.11. The van der Waals surface area contributed by atoms with Crippen molar-refractivity contribution in [3.8, 4) is 0 Å². The van der Waals surface area contributed by atoms with Crippen LogP contribution in [0.3, 0.4) is 0 Å². The highest BCUT2D eigenvalue weighted by atomic mass is 32.2. The molecule has 5 heteroatoms. The van der Waals surface area contributed by atoms with Crippen LogP contribution in [0.4, 0.5) is 0 Å². The lowest BCUT2D eigenvalue weighted by Gasteiger charge is -2.06. The molecule has 0 saturated heterocycles. The van der Waals surface area contributed by atoms with E-state index >= 15 is 0 Å². The highest BCUT2D eigenvalue weighted by Gasteiger charge is 2.14. The summed E-state index contributed by atoms with van der Waals surface area (Å²) in [7, 11) is 1.87. The normalized spacial score (nSPS) is 12.8. The molecular weight excluding hydrogens is 186 g/mol. The lowest BCUT2D eigenvalue weighted by atomic mass is 10.2. The van der Waals surface area contributed by atoms with E-state index in [-0.39, 0.29) is 11.0 Å². The van der Waals surface area contributed by atoms with Gasteiger partial charge in [-0.1, -0.05) is 18.7 Å². The molecule has 1 aromatic rings. The number of aromatic nitrogens is 3. The van der Waals surface area contributed by atoms with Gasteiger partial charge in [-0.2, -0.15) is 0 Å². The molecule has 0 aliphatic heterocycles. The Balaban J connectivity index is 2.59. The third-order valence-electron chi connectivity index (χ3n) is 1.75. The van der Waals surface area contributed by atoms with Crippen LogP contribution < -0.4 is 0 Å². The number of carbonyl (C=O) groups is 1. The average Bonchev–Trinajstić information content (AvgIpc) is 2.50. The summed E-state index contributed by atoms with van der Waals surface area (Å²) in [6.07, 6.45) is 2.21.